The van der Waals surface area contributed by atoms with Gasteiger partial charge in [-0.1, -0.05) is 24.3 Å². The van der Waals surface area contributed by atoms with E-state index in [4.69, 9.17) is 0 Å². The molecule has 0 fully saturated rings. The van der Waals surface area contributed by atoms with E-state index in [-0.39, 0.29) is 12.1 Å². The summed E-state index contributed by atoms with van der Waals surface area (Å²) in [5.74, 6) is 0. The molecule has 0 spiro atoms. The van der Waals surface area contributed by atoms with Gasteiger partial charge in [-0.05, 0) is 30.7 Å². The van der Waals surface area contributed by atoms with Gasteiger partial charge in [-0.2, -0.15) is 0 Å². The van der Waals surface area contributed by atoms with Gasteiger partial charge < -0.3 is 14.8 Å². The first-order chi connectivity index (χ1) is 11.7. The molecule has 1 N–H and O–H groups in total. The van der Waals surface area contributed by atoms with Gasteiger partial charge >= 0.3 is 6.03 Å². The molecule has 5 nitrogen and oxygen atoms in total. The van der Waals surface area contributed by atoms with E-state index in [1.807, 2.05) is 41.3 Å². The van der Waals surface area contributed by atoms with Crippen molar-refractivity contribution in [2.75, 3.05) is 6.54 Å². The number of nitrogens with one attached hydrogen (secondary N) is 1. The average molecular weight is 320 g/mol. The number of fused-ring (bicyclic) bond motifs is 2. The van der Waals surface area contributed by atoms with Crippen molar-refractivity contribution in [3.8, 4) is 0 Å². The zero-order valence-electron chi connectivity index (χ0n) is 13.6. The molecule has 122 valence electrons. The highest BCUT2D eigenvalue weighted by Crippen LogP contribution is 2.25. The molecule has 2 amide bonds. The highest BCUT2D eigenvalue weighted by Gasteiger charge is 2.27. The van der Waals surface area contributed by atoms with Crippen molar-refractivity contribution in [2.24, 2.45) is 0 Å². The highest BCUT2D eigenvalue weighted by atomic mass is 16.2. The Balaban J connectivity index is 1.49. The number of pyridine rings is 1. The highest BCUT2D eigenvalue weighted by molar-refractivity contribution is 5.82. The lowest BCUT2D eigenvalue weighted by molar-refractivity contribution is 0.162. The normalized spacial score (nSPS) is 16.9. The first-order valence-corrected chi connectivity index (χ1v) is 8.26. The van der Waals surface area contributed by atoms with Gasteiger partial charge in [0.25, 0.3) is 0 Å². The smallest absolute Gasteiger partial charge is 0.318 e. The van der Waals surface area contributed by atoms with Gasteiger partial charge in [-0.15, -0.1) is 0 Å². The second-order valence-electron chi connectivity index (χ2n) is 6.15. The number of para-hydroxylation sites is 1. The zero-order valence-corrected chi connectivity index (χ0v) is 13.6. The molecular weight excluding hydrogens is 300 g/mol. The van der Waals surface area contributed by atoms with E-state index in [1.54, 1.807) is 6.20 Å². The molecule has 0 saturated carbocycles. The van der Waals surface area contributed by atoms with Crippen LogP contribution in [0.1, 0.15) is 24.2 Å². The van der Waals surface area contributed by atoms with Crippen molar-refractivity contribution in [1.29, 1.82) is 0 Å². The van der Waals surface area contributed by atoms with Crippen LogP contribution in [0.2, 0.25) is 0 Å². The molecular formula is C19H20N4O. The Bertz CT molecular complexity index is 880. The molecule has 0 radical (unpaired) electrons. The molecule has 24 heavy (non-hydrogen) atoms. The van der Waals surface area contributed by atoms with Crippen LogP contribution in [0.5, 0.6) is 0 Å². The summed E-state index contributed by atoms with van der Waals surface area (Å²) in [6.45, 7) is 4.12. The standard InChI is InChI=1S/C19H20N4O/c1-14-17-8-4-10-22(17)11-12-23(14)19(24)21-13-16-6-2-5-15-7-3-9-20-18(15)16/h2-10,14H,11-13H2,1H3,(H,21,24). The number of urea groups is 1. The third-order valence-electron chi connectivity index (χ3n) is 4.75. The predicted octanol–water partition coefficient (Wildman–Crippen LogP) is 3.32. The van der Waals surface area contributed by atoms with Crippen LogP contribution in [0.4, 0.5) is 4.79 Å². The Morgan fingerprint density at radius 2 is 2.08 bits per heavy atom. The largest absolute Gasteiger partial charge is 0.348 e. The topological polar surface area (TPSA) is 50.2 Å². The summed E-state index contributed by atoms with van der Waals surface area (Å²) in [7, 11) is 0. The van der Waals surface area contributed by atoms with Crippen LogP contribution >= 0.6 is 0 Å². The van der Waals surface area contributed by atoms with Crippen LogP contribution in [0, 0.1) is 0 Å². The Morgan fingerprint density at radius 1 is 1.21 bits per heavy atom. The summed E-state index contributed by atoms with van der Waals surface area (Å²) in [6.07, 6.45) is 3.86. The Hall–Kier alpha value is -2.82. The quantitative estimate of drug-likeness (QED) is 0.787. The molecule has 5 heteroatoms. The van der Waals surface area contributed by atoms with Crippen LogP contribution in [-0.2, 0) is 13.1 Å². The fourth-order valence-corrected chi connectivity index (χ4v) is 3.44. The monoisotopic (exact) mass is 320 g/mol. The molecule has 0 bridgehead atoms. The van der Waals surface area contributed by atoms with Gasteiger partial charge in [0, 0.05) is 43.1 Å². The summed E-state index contributed by atoms with van der Waals surface area (Å²) in [4.78, 5) is 19.0. The van der Waals surface area contributed by atoms with Crippen LogP contribution in [-0.4, -0.2) is 27.0 Å². The second-order valence-corrected chi connectivity index (χ2v) is 6.15. The van der Waals surface area contributed by atoms with Gasteiger partial charge in [0.2, 0.25) is 0 Å². The number of benzene rings is 1. The van der Waals surface area contributed by atoms with Crippen molar-refractivity contribution in [1.82, 2.24) is 19.8 Å². The van der Waals surface area contributed by atoms with Crippen LogP contribution in [0.15, 0.2) is 54.9 Å². The van der Waals surface area contributed by atoms with E-state index in [2.05, 4.69) is 34.1 Å². The SMILES string of the molecule is CC1c2cccn2CCN1C(=O)NCc1cccc2cccnc12. The Morgan fingerprint density at radius 3 is 3.00 bits per heavy atom. The van der Waals surface area contributed by atoms with E-state index < -0.39 is 0 Å². The molecule has 0 saturated heterocycles. The van der Waals surface area contributed by atoms with Crippen LogP contribution < -0.4 is 5.32 Å². The molecule has 1 aromatic carbocycles. The predicted molar refractivity (Wildman–Crippen MR) is 93.5 cm³/mol. The third kappa shape index (κ3) is 2.52. The number of rotatable bonds is 2. The number of hydrogen-bond acceptors (Lipinski definition) is 2. The maximum absolute atomic E-state index is 12.6. The fourth-order valence-electron chi connectivity index (χ4n) is 3.44. The number of amides is 2. The number of nitrogens with zero attached hydrogens (tertiary/aromatic N) is 3. The molecule has 1 aliphatic rings. The van der Waals surface area contributed by atoms with Crippen molar-refractivity contribution in [2.45, 2.75) is 26.1 Å². The van der Waals surface area contributed by atoms with Crippen molar-refractivity contribution >= 4 is 16.9 Å². The fraction of sp³-hybridized carbons (Fsp3) is 0.263. The molecule has 3 aromatic rings. The molecule has 2 aromatic heterocycles. The molecule has 3 heterocycles. The summed E-state index contributed by atoms with van der Waals surface area (Å²) in [5, 5.41) is 4.14. The number of carbonyl (C=O) groups excluding carboxylic acids is 1. The maximum atomic E-state index is 12.6. The third-order valence-corrected chi connectivity index (χ3v) is 4.75. The van der Waals surface area contributed by atoms with Gasteiger partial charge in [0.15, 0.2) is 0 Å². The molecule has 1 aliphatic heterocycles. The number of aromatic nitrogens is 2. The second kappa shape index (κ2) is 6.00. The summed E-state index contributed by atoms with van der Waals surface area (Å²) in [5.41, 5.74) is 3.17. The lowest BCUT2D eigenvalue weighted by Gasteiger charge is -2.34. The van der Waals surface area contributed by atoms with Crippen molar-refractivity contribution in [3.63, 3.8) is 0 Å². The number of carbonyl (C=O) groups is 1. The van der Waals surface area contributed by atoms with E-state index >= 15 is 0 Å². The number of hydrogen-bond donors (Lipinski definition) is 1. The van der Waals surface area contributed by atoms with Crippen molar-refractivity contribution < 1.29 is 4.79 Å². The minimum Gasteiger partial charge on any atom is -0.348 e. The average Bonchev–Trinajstić information content (AvgIpc) is 3.09. The van der Waals surface area contributed by atoms with Gasteiger partial charge in [-0.3, -0.25) is 4.98 Å². The first kappa shape index (κ1) is 14.8. The van der Waals surface area contributed by atoms with E-state index in [0.29, 0.717) is 6.54 Å². The molecule has 1 unspecified atom stereocenters. The summed E-state index contributed by atoms with van der Waals surface area (Å²) >= 11 is 0. The van der Waals surface area contributed by atoms with E-state index in [9.17, 15) is 4.79 Å². The maximum Gasteiger partial charge on any atom is 0.318 e. The van der Waals surface area contributed by atoms with Gasteiger partial charge in [0.05, 0.1) is 11.6 Å². The van der Waals surface area contributed by atoms with E-state index in [1.165, 1.54) is 5.69 Å². The zero-order chi connectivity index (χ0) is 16.5. The Labute approximate surface area is 140 Å². The van der Waals surface area contributed by atoms with E-state index in [0.717, 1.165) is 29.6 Å². The van der Waals surface area contributed by atoms with Gasteiger partial charge in [-0.25, -0.2) is 4.79 Å². The lowest BCUT2D eigenvalue weighted by atomic mass is 10.1. The molecule has 1 atom stereocenters. The summed E-state index contributed by atoms with van der Waals surface area (Å²) < 4.78 is 2.21. The minimum absolute atomic E-state index is 0.0251. The lowest BCUT2D eigenvalue weighted by Crippen LogP contribution is -2.45. The molecule has 0 aliphatic carbocycles. The van der Waals surface area contributed by atoms with Gasteiger partial charge in [0.1, 0.15) is 0 Å². The minimum atomic E-state index is -0.0251. The van der Waals surface area contributed by atoms with Crippen LogP contribution in [0.3, 0.4) is 0 Å². The molecule has 4 rings (SSSR count). The van der Waals surface area contributed by atoms with Crippen molar-refractivity contribution in [3.05, 3.63) is 66.1 Å². The van der Waals surface area contributed by atoms with Crippen LogP contribution in [0.25, 0.3) is 10.9 Å². The first-order valence-electron chi connectivity index (χ1n) is 8.26. The Kier molecular flexibility index (Phi) is 3.69. The summed E-state index contributed by atoms with van der Waals surface area (Å²) in [6, 6.07) is 14.2.